The number of carbonyl (C=O) groups is 1. The molecule has 3 aliphatic rings. The minimum Gasteiger partial charge on any atom is -0.465 e. The van der Waals surface area contributed by atoms with Crippen LogP contribution in [0.1, 0.15) is 81.8 Å². The number of fused-ring (bicyclic) bond motifs is 3. The van der Waals surface area contributed by atoms with Crippen LogP contribution in [0.15, 0.2) is 18.2 Å². The van der Waals surface area contributed by atoms with E-state index in [9.17, 15) is 9.90 Å². The Morgan fingerprint density at radius 3 is 2.75 bits per heavy atom. The fourth-order valence-corrected chi connectivity index (χ4v) is 6.07. The summed E-state index contributed by atoms with van der Waals surface area (Å²) in [7, 11) is 0. The molecule has 0 bridgehead atoms. The molecule has 2 aliphatic carbocycles. The lowest BCUT2D eigenvalue weighted by atomic mass is 9.78. The molecule has 1 N–H and O–H groups in total. The van der Waals surface area contributed by atoms with Crippen LogP contribution >= 0.6 is 0 Å². The molecule has 1 aliphatic heterocycles. The summed E-state index contributed by atoms with van der Waals surface area (Å²) in [6.45, 7) is 5.09. The fourth-order valence-electron chi connectivity index (χ4n) is 6.07. The van der Waals surface area contributed by atoms with Crippen LogP contribution in [0, 0.1) is 5.92 Å². The summed E-state index contributed by atoms with van der Waals surface area (Å²) in [5.74, 6) is 1.54. The lowest BCUT2D eigenvalue weighted by molar-refractivity contribution is 0.198. The second kappa shape index (κ2) is 8.86. The molecular weight excluding hydrogens is 348 g/mol. The standard InChI is InChI=1S/C24H36N2O2/c1-2-15-26(24(27)28)23-10-6-9-19-20(23)11-12-22-21(19)14-17-25(22)16-13-18-7-4-3-5-8-18/h6,9-10,18,21-22H,2-5,7-8,11-17H2,1H3,(H,27,28)/t21-,22+/m1/s1. The number of rotatable bonds is 6. The number of likely N-dealkylation sites (tertiary alicyclic amines) is 1. The Morgan fingerprint density at radius 1 is 1.18 bits per heavy atom. The zero-order valence-electron chi connectivity index (χ0n) is 17.4. The number of amides is 1. The van der Waals surface area contributed by atoms with Crippen molar-refractivity contribution in [2.24, 2.45) is 5.92 Å². The van der Waals surface area contributed by atoms with Gasteiger partial charge in [-0.2, -0.15) is 0 Å². The second-order valence-electron chi connectivity index (χ2n) is 9.11. The van der Waals surface area contributed by atoms with E-state index in [0.717, 1.165) is 24.4 Å². The van der Waals surface area contributed by atoms with Gasteiger partial charge in [0.05, 0.1) is 5.69 Å². The third kappa shape index (κ3) is 3.94. The highest BCUT2D eigenvalue weighted by Gasteiger charge is 2.39. The van der Waals surface area contributed by atoms with Crippen molar-refractivity contribution < 1.29 is 9.90 Å². The van der Waals surface area contributed by atoms with Gasteiger partial charge in [-0.25, -0.2) is 4.79 Å². The summed E-state index contributed by atoms with van der Waals surface area (Å²) in [6, 6.07) is 7.02. The van der Waals surface area contributed by atoms with E-state index in [1.165, 1.54) is 75.6 Å². The van der Waals surface area contributed by atoms with Gasteiger partial charge >= 0.3 is 6.09 Å². The van der Waals surface area contributed by atoms with Gasteiger partial charge in [0.25, 0.3) is 0 Å². The molecule has 4 nitrogen and oxygen atoms in total. The largest absolute Gasteiger partial charge is 0.465 e. The topological polar surface area (TPSA) is 43.8 Å². The van der Waals surface area contributed by atoms with Crippen molar-refractivity contribution in [2.45, 2.75) is 83.1 Å². The lowest BCUT2D eigenvalue weighted by Gasteiger charge is -2.36. The third-order valence-corrected chi connectivity index (χ3v) is 7.46. The summed E-state index contributed by atoms with van der Waals surface area (Å²) in [5, 5.41) is 9.70. The van der Waals surface area contributed by atoms with Gasteiger partial charge in [-0.05, 0) is 68.3 Å². The lowest BCUT2D eigenvalue weighted by Crippen LogP contribution is -2.37. The van der Waals surface area contributed by atoms with Crippen LogP contribution in [-0.2, 0) is 6.42 Å². The zero-order chi connectivity index (χ0) is 19.5. The van der Waals surface area contributed by atoms with Crippen LogP contribution in [-0.4, -0.2) is 41.8 Å². The fraction of sp³-hybridized carbons (Fsp3) is 0.708. The Kier molecular flexibility index (Phi) is 6.25. The SMILES string of the molecule is CCCN(C(=O)O)c1cccc2c1CC[C@H]1[C@@H]2CCN1CCC1CCCCC1. The molecular formula is C24H36N2O2. The van der Waals surface area contributed by atoms with Crippen LogP contribution < -0.4 is 4.90 Å². The van der Waals surface area contributed by atoms with Gasteiger partial charge in [-0.15, -0.1) is 0 Å². The van der Waals surface area contributed by atoms with E-state index in [4.69, 9.17) is 0 Å². The number of nitrogens with zero attached hydrogens (tertiary/aromatic N) is 2. The number of benzene rings is 1. The normalized spacial score (nSPS) is 25.3. The number of carboxylic acid groups (broad SMARTS) is 1. The van der Waals surface area contributed by atoms with Gasteiger partial charge in [0.15, 0.2) is 0 Å². The summed E-state index contributed by atoms with van der Waals surface area (Å²) < 4.78 is 0. The molecule has 4 heteroatoms. The van der Waals surface area contributed by atoms with Crippen LogP contribution in [0.4, 0.5) is 10.5 Å². The van der Waals surface area contributed by atoms with Crippen LogP contribution in [0.25, 0.3) is 0 Å². The van der Waals surface area contributed by atoms with Gasteiger partial charge < -0.3 is 5.11 Å². The van der Waals surface area contributed by atoms with Crippen molar-refractivity contribution in [1.29, 1.82) is 0 Å². The van der Waals surface area contributed by atoms with E-state index in [0.29, 0.717) is 18.5 Å². The number of hydrogen-bond acceptors (Lipinski definition) is 2. The van der Waals surface area contributed by atoms with Crippen molar-refractivity contribution >= 4 is 11.8 Å². The molecule has 0 aromatic heterocycles. The first kappa shape index (κ1) is 19.8. The maximum absolute atomic E-state index is 11.8. The van der Waals surface area contributed by atoms with Gasteiger partial charge in [0, 0.05) is 18.5 Å². The van der Waals surface area contributed by atoms with Crippen molar-refractivity contribution in [3.05, 3.63) is 29.3 Å². The average Bonchev–Trinajstić information content (AvgIpc) is 3.14. The molecule has 1 heterocycles. The molecule has 0 radical (unpaired) electrons. The Labute approximate surface area is 169 Å². The predicted molar refractivity (Wildman–Crippen MR) is 114 cm³/mol. The molecule has 1 aromatic carbocycles. The van der Waals surface area contributed by atoms with E-state index in [1.54, 1.807) is 4.90 Å². The maximum atomic E-state index is 11.8. The van der Waals surface area contributed by atoms with E-state index in [1.807, 2.05) is 13.0 Å². The molecule has 0 unspecified atom stereocenters. The van der Waals surface area contributed by atoms with Crippen LogP contribution in [0.3, 0.4) is 0 Å². The number of anilines is 1. The van der Waals surface area contributed by atoms with Gasteiger partial charge in [0.1, 0.15) is 0 Å². The molecule has 28 heavy (non-hydrogen) atoms. The molecule has 1 saturated heterocycles. The summed E-state index contributed by atoms with van der Waals surface area (Å²) in [4.78, 5) is 16.1. The second-order valence-corrected chi connectivity index (χ2v) is 9.11. The summed E-state index contributed by atoms with van der Waals surface area (Å²) in [6.07, 6.45) is 12.0. The molecule has 0 spiro atoms. The first-order chi connectivity index (χ1) is 13.7. The predicted octanol–water partition coefficient (Wildman–Crippen LogP) is 5.66. The molecule has 2 atom stereocenters. The average molecular weight is 385 g/mol. The molecule has 1 amide bonds. The highest BCUT2D eigenvalue weighted by Crippen LogP contribution is 2.44. The first-order valence-corrected chi connectivity index (χ1v) is 11.5. The summed E-state index contributed by atoms with van der Waals surface area (Å²) in [5.41, 5.74) is 3.66. The van der Waals surface area contributed by atoms with Gasteiger partial charge in [0.2, 0.25) is 0 Å². The van der Waals surface area contributed by atoms with Crippen molar-refractivity contribution in [1.82, 2.24) is 4.90 Å². The van der Waals surface area contributed by atoms with E-state index in [2.05, 4.69) is 17.0 Å². The van der Waals surface area contributed by atoms with E-state index in [-0.39, 0.29) is 0 Å². The third-order valence-electron chi connectivity index (χ3n) is 7.46. The van der Waals surface area contributed by atoms with Gasteiger partial charge in [-0.1, -0.05) is 51.2 Å². The van der Waals surface area contributed by atoms with E-state index >= 15 is 0 Å². The van der Waals surface area contributed by atoms with Crippen molar-refractivity contribution in [2.75, 3.05) is 24.5 Å². The smallest absolute Gasteiger partial charge is 0.411 e. The Bertz CT molecular complexity index is 683. The number of hydrogen-bond donors (Lipinski definition) is 1. The quantitative estimate of drug-likeness (QED) is 0.689. The van der Waals surface area contributed by atoms with Crippen molar-refractivity contribution in [3.63, 3.8) is 0 Å². The Balaban J connectivity index is 1.48. The molecule has 154 valence electrons. The minimum atomic E-state index is -0.821. The van der Waals surface area contributed by atoms with Crippen LogP contribution in [0.2, 0.25) is 0 Å². The first-order valence-electron chi connectivity index (χ1n) is 11.5. The van der Waals surface area contributed by atoms with Gasteiger partial charge in [-0.3, -0.25) is 9.80 Å². The summed E-state index contributed by atoms with van der Waals surface area (Å²) >= 11 is 0. The minimum absolute atomic E-state index is 0.577. The molecule has 1 saturated carbocycles. The maximum Gasteiger partial charge on any atom is 0.411 e. The van der Waals surface area contributed by atoms with Crippen LogP contribution in [0.5, 0.6) is 0 Å². The zero-order valence-corrected chi connectivity index (χ0v) is 17.4. The Hall–Kier alpha value is -1.55. The molecule has 2 fully saturated rings. The Morgan fingerprint density at radius 2 is 2.00 bits per heavy atom. The van der Waals surface area contributed by atoms with E-state index < -0.39 is 6.09 Å². The van der Waals surface area contributed by atoms with Crippen molar-refractivity contribution in [3.8, 4) is 0 Å². The highest BCUT2D eigenvalue weighted by molar-refractivity contribution is 5.87. The highest BCUT2D eigenvalue weighted by atomic mass is 16.4. The monoisotopic (exact) mass is 384 g/mol. The molecule has 1 aromatic rings. The molecule has 4 rings (SSSR count).